The molecule has 2 N–H and O–H groups in total. The first kappa shape index (κ1) is 15.5. The molecule has 122 valence electrons. The van der Waals surface area contributed by atoms with Gasteiger partial charge in [0.1, 0.15) is 18.2 Å². The molecule has 0 unspecified atom stereocenters. The van der Waals surface area contributed by atoms with Crippen LogP contribution in [0, 0.1) is 11.7 Å². The van der Waals surface area contributed by atoms with Crippen molar-refractivity contribution in [1.82, 2.24) is 20.7 Å². The van der Waals surface area contributed by atoms with Crippen molar-refractivity contribution < 1.29 is 13.9 Å². The topological polar surface area (TPSA) is 79.9 Å². The SMILES string of the molecule is C[C@@H](COc1ccc(F)cc1)NC(=O)[C@H]1CCc2n[nH]nc2C1. The Morgan fingerprint density at radius 1 is 1.39 bits per heavy atom. The van der Waals surface area contributed by atoms with Gasteiger partial charge in [0.05, 0.1) is 17.4 Å². The zero-order valence-corrected chi connectivity index (χ0v) is 12.9. The molecule has 6 nitrogen and oxygen atoms in total. The number of carbonyl (C=O) groups excluding carboxylic acids is 1. The molecule has 1 aliphatic rings. The number of halogens is 1. The van der Waals surface area contributed by atoms with Crippen LogP contribution in [-0.4, -0.2) is 34.0 Å². The predicted octanol–water partition coefficient (Wildman–Crippen LogP) is 1.63. The van der Waals surface area contributed by atoms with Gasteiger partial charge in [0.15, 0.2) is 0 Å². The van der Waals surface area contributed by atoms with Crippen LogP contribution in [0.5, 0.6) is 5.75 Å². The number of fused-ring (bicyclic) bond motifs is 1. The van der Waals surface area contributed by atoms with Crippen molar-refractivity contribution >= 4 is 5.91 Å². The number of benzene rings is 1. The van der Waals surface area contributed by atoms with E-state index in [1.807, 2.05) is 6.92 Å². The zero-order chi connectivity index (χ0) is 16.2. The van der Waals surface area contributed by atoms with Crippen molar-refractivity contribution in [2.45, 2.75) is 32.2 Å². The number of hydrogen-bond acceptors (Lipinski definition) is 4. The molecule has 7 heteroatoms. The summed E-state index contributed by atoms with van der Waals surface area (Å²) >= 11 is 0. The quantitative estimate of drug-likeness (QED) is 0.878. The lowest BCUT2D eigenvalue weighted by Gasteiger charge is -2.22. The molecule has 2 aromatic rings. The van der Waals surface area contributed by atoms with Gasteiger partial charge in [-0.2, -0.15) is 15.4 Å². The molecular weight excluding hydrogens is 299 g/mol. The van der Waals surface area contributed by atoms with Gasteiger partial charge >= 0.3 is 0 Å². The molecule has 2 atom stereocenters. The third-order valence-electron chi connectivity index (χ3n) is 3.95. The van der Waals surface area contributed by atoms with Crippen LogP contribution in [0.1, 0.15) is 24.7 Å². The van der Waals surface area contributed by atoms with Gasteiger partial charge in [0.25, 0.3) is 0 Å². The average molecular weight is 318 g/mol. The Balaban J connectivity index is 1.47. The van der Waals surface area contributed by atoms with Gasteiger partial charge in [-0.1, -0.05) is 0 Å². The van der Waals surface area contributed by atoms with Crippen molar-refractivity contribution in [3.8, 4) is 5.75 Å². The van der Waals surface area contributed by atoms with Crippen LogP contribution in [0.15, 0.2) is 24.3 Å². The molecule has 1 heterocycles. The fourth-order valence-corrected chi connectivity index (χ4v) is 2.66. The Morgan fingerprint density at radius 2 is 2.13 bits per heavy atom. The molecule has 3 rings (SSSR count). The number of nitrogens with one attached hydrogen (secondary N) is 2. The minimum absolute atomic E-state index is 0.00820. The third kappa shape index (κ3) is 3.85. The molecule has 0 aliphatic heterocycles. The lowest BCUT2D eigenvalue weighted by atomic mass is 9.89. The summed E-state index contributed by atoms with van der Waals surface area (Å²) in [5.74, 6) is 0.204. The van der Waals surface area contributed by atoms with Crippen molar-refractivity contribution in [2.75, 3.05) is 6.61 Å². The molecule has 1 aromatic heterocycles. The van der Waals surface area contributed by atoms with Gasteiger partial charge in [-0.05, 0) is 44.0 Å². The van der Waals surface area contributed by atoms with E-state index in [0.717, 1.165) is 24.2 Å². The number of ether oxygens (including phenoxy) is 1. The van der Waals surface area contributed by atoms with E-state index < -0.39 is 0 Å². The summed E-state index contributed by atoms with van der Waals surface area (Å²) in [6.45, 7) is 2.21. The monoisotopic (exact) mass is 318 g/mol. The predicted molar refractivity (Wildman–Crippen MR) is 81.4 cm³/mol. The Labute approximate surface area is 133 Å². The number of carbonyl (C=O) groups is 1. The highest BCUT2D eigenvalue weighted by Crippen LogP contribution is 2.22. The van der Waals surface area contributed by atoms with E-state index in [0.29, 0.717) is 18.8 Å². The second-order valence-electron chi connectivity index (χ2n) is 5.83. The van der Waals surface area contributed by atoms with Crippen LogP contribution in [0.4, 0.5) is 4.39 Å². The Bertz CT molecular complexity index is 671. The smallest absolute Gasteiger partial charge is 0.223 e. The largest absolute Gasteiger partial charge is 0.491 e. The van der Waals surface area contributed by atoms with E-state index in [4.69, 9.17) is 4.74 Å². The van der Waals surface area contributed by atoms with Gasteiger partial charge in [0.2, 0.25) is 5.91 Å². The van der Waals surface area contributed by atoms with Crippen molar-refractivity contribution in [1.29, 1.82) is 0 Å². The lowest BCUT2D eigenvalue weighted by molar-refractivity contribution is -0.126. The third-order valence-corrected chi connectivity index (χ3v) is 3.95. The molecule has 0 radical (unpaired) electrons. The van der Waals surface area contributed by atoms with Crippen LogP contribution in [0.3, 0.4) is 0 Å². The first-order valence-corrected chi connectivity index (χ1v) is 7.69. The van der Waals surface area contributed by atoms with Crippen LogP contribution in [0.2, 0.25) is 0 Å². The maximum atomic E-state index is 12.8. The molecule has 0 fully saturated rings. The fourth-order valence-electron chi connectivity index (χ4n) is 2.66. The number of nitrogens with zero attached hydrogens (tertiary/aromatic N) is 2. The van der Waals surface area contributed by atoms with Crippen LogP contribution in [-0.2, 0) is 17.6 Å². The second kappa shape index (κ2) is 6.76. The normalized spacial score (nSPS) is 18.1. The van der Waals surface area contributed by atoms with Crippen LogP contribution in [0.25, 0.3) is 0 Å². The molecule has 1 aromatic carbocycles. The first-order valence-electron chi connectivity index (χ1n) is 7.69. The van der Waals surface area contributed by atoms with E-state index >= 15 is 0 Å². The highest BCUT2D eigenvalue weighted by atomic mass is 19.1. The summed E-state index contributed by atoms with van der Waals surface area (Å²) in [6, 6.07) is 5.69. The minimum Gasteiger partial charge on any atom is -0.491 e. The highest BCUT2D eigenvalue weighted by Gasteiger charge is 2.27. The van der Waals surface area contributed by atoms with Gasteiger partial charge in [0, 0.05) is 12.3 Å². The van der Waals surface area contributed by atoms with Crippen LogP contribution >= 0.6 is 0 Å². The molecular formula is C16H19FN4O2. The zero-order valence-electron chi connectivity index (χ0n) is 12.9. The Morgan fingerprint density at radius 3 is 2.91 bits per heavy atom. The van der Waals surface area contributed by atoms with Crippen molar-refractivity contribution in [3.05, 3.63) is 41.5 Å². The van der Waals surface area contributed by atoms with E-state index in [1.54, 1.807) is 12.1 Å². The molecule has 23 heavy (non-hydrogen) atoms. The summed E-state index contributed by atoms with van der Waals surface area (Å²) in [6.07, 6.45) is 2.16. The Hall–Kier alpha value is -2.44. The fraction of sp³-hybridized carbons (Fsp3) is 0.438. The maximum absolute atomic E-state index is 12.8. The standard InChI is InChI=1S/C16H19FN4O2/c1-10(9-23-13-5-3-12(17)4-6-13)18-16(22)11-2-7-14-15(8-11)20-21-19-14/h3-6,10-11H,2,7-9H2,1H3,(H,18,22)(H,19,20,21)/t10-,11-/m0/s1. The lowest BCUT2D eigenvalue weighted by Crippen LogP contribution is -2.42. The van der Waals surface area contributed by atoms with Crippen molar-refractivity contribution in [2.24, 2.45) is 5.92 Å². The van der Waals surface area contributed by atoms with Crippen molar-refractivity contribution in [3.63, 3.8) is 0 Å². The number of H-pyrrole nitrogens is 1. The summed E-state index contributed by atoms with van der Waals surface area (Å²) in [7, 11) is 0. The summed E-state index contributed by atoms with van der Waals surface area (Å²) in [5, 5.41) is 13.7. The van der Waals surface area contributed by atoms with E-state index in [-0.39, 0.29) is 23.7 Å². The number of aromatic amines is 1. The van der Waals surface area contributed by atoms with Gasteiger partial charge < -0.3 is 10.1 Å². The highest BCUT2D eigenvalue weighted by molar-refractivity contribution is 5.79. The molecule has 1 amide bonds. The van der Waals surface area contributed by atoms with E-state index in [1.165, 1.54) is 12.1 Å². The number of aromatic nitrogens is 3. The molecule has 0 bridgehead atoms. The second-order valence-corrected chi connectivity index (χ2v) is 5.83. The van der Waals surface area contributed by atoms with E-state index in [2.05, 4.69) is 20.7 Å². The molecule has 0 saturated heterocycles. The minimum atomic E-state index is -0.303. The Kier molecular flexibility index (Phi) is 4.55. The first-order chi connectivity index (χ1) is 11.1. The number of aryl methyl sites for hydroxylation is 1. The summed E-state index contributed by atoms with van der Waals surface area (Å²) in [5.41, 5.74) is 1.84. The van der Waals surface area contributed by atoms with Gasteiger partial charge in [-0.15, -0.1) is 0 Å². The summed E-state index contributed by atoms with van der Waals surface area (Å²) < 4.78 is 18.4. The number of amides is 1. The van der Waals surface area contributed by atoms with E-state index in [9.17, 15) is 9.18 Å². The van der Waals surface area contributed by atoms with Gasteiger partial charge in [-0.25, -0.2) is 4.39 Å². The maximum Gasteiger partial charge on any atom is 0.223 e. The summed E-state index contributed by atoms with van der Waals surface area (Å²) in [4.78, 5) is 12.3. The number of rotatable bonds is 5. The molecule has 0 saturated carbocycles. The van der Waals surface area contributed by atoms with Crippen LogP contribution < -0.4 is 10.1 Å². The average Bonchev–Trinajstić information content (AvgIpc) is 3.02. The molecule has 1 aliphatic carbocycles. The van der Waals surface area contributed by atoms with Gasteiger partial charge in [-0.3, -0.25) is 4.79 Å². The molecule has 0 spiro atoms. The number of hydrogen-bond donors (Lipinski definition) is 2.